The van der Waals surface area contributed by atoms with Crippen LogP contribution in [-0.2, 0) is 6.61 Å². The van der Waals surface area contributed by atoms with E-state index in [0.717, 1.165) is 16.9 Å². The number of aromatic nitrogens is 1. The van der Waals surface area contributed by atoms with Crippen molar-refractivity contribution >= 4 is 40.2 Å². The van der Waals surface area contributed by atoms with Gasteiger partial charge in [0.15, 0.2) is 16.6 Å². The number of nitrogen functional groups attached to an aromatic ring is 1. The largest absolute Gasteiger partial charge is 0.493 e. The molecule has 9 heteroatoms. The van der Waals surface area contributed by atoms with E-state index in [9.17, 15) is 4.79 Å². The van der Waals surface area contributed by atoms with E-state index >= 15 is 0 Å². The van der Waals surface area contributed by atoms with Gasteiger partial charge in [0.05, 0.1) is 19.0 Å². The molecule has 0 aliphatic carbocycles. The van der Waals surface area contributed by atoms with Crippen molar-refractivity contribution in [3.63, 3.8) is 0 Å². The minimum atomic E-state index is -0.380. The predicted octanol–water partition coefficient (Wildman–Crippen LogP) is 4.04. The lowest BCUT2D eigenvalue weighted by Crippen LogP contribution is -2.17. The van der Waals surface area contributed by atoms with E-state index in [2.05, 4.69) is 15.5 Å². The zero-order valence-electron chi connectivity index (χ0n) is 15.8. The fourth-order valence-corrected chi connectivity index (χ4v) is 3.47. The number of para-hydroxylation sites is 1. The number of nitrogens with one attached hydrogen (secondary N) is 1. The van der Waals surface area contributed by atoms with E-state index in [4.69, 9.17) is 26.8 Å². The summed E-state index contributed by atoms with van der Waals surface area (Å²) in [4.78, 5) is 16.7. The second-order valence-electron chi connectivity index (χ2n) is 5.92. The number of methoxy groups -OCH3 is 1. The fraction of sp³-hybridized carbons (Fsp3) is 0.150. The van der Waals surface area contributed by atoms with E-state index in [1.165, 1.54) is 6.21 Å². The number of anilines is 1. The third kappa shape index (κ3) is 5.04. The molecular formula is C20H19ClN4O3S. The van der Waals surface area contributed by atoms with Crippen LogP contribution in [0.2, 0.25) is 5.02 Å². The molecule has 150 valence electrons. The molecule has 2 aromatic carbocycles. The second-order valence-corrected chi connectivity index (χ2v) is 7.36. The van der Waals surface area contributed by atoms with Gasteiger partial charge in [0.25, 0.3) is 5.91 Å². The number of carbonyl (C=O) groups excluding carboxylic acids is 1. The zero-order chi connectivity index (χ0) is 20.8. The molecule has 0 saturated heterocycles. The number of nitrogens with two attached hydrogens (primary N) is 1. The van der Waals surface area contributed by atoms with Crippen LogP contribution in [-0.4, -0.2) is 24.2 Å². The molecule has 0 bridgehead atoms. The first-order valence-corrected chi connectivity index (χ1v) is 9.78. The Kier molecular flexibility index (Phi) is 6.69. The normalized spacial score (nSPS) is 10.9. The van der Waals surface area contributed by atoms with Crippen molar-refractivity contribution in [2.75, 3.05) is 12.8 Å². The second kappa shape index (κ2) is 9.40. The Bertz CT molecular complexity index is 1050. The molecular weight excluding hydrogens is 412 g/mol. The Balaban J connectivity index is 1.76. The van der Waals surface area contributed by atoms with Gasteiger partial charge in [0.1, 0.15) is 11.5 Å². The standard InChI is InChI=1S/C20H19ClN4O3S/c1-12-18(29-20(22)24-12)19(26)25-23-10-13-7-5-9-16(27-2)17(13)28-11-14-6-3-4-8-15(14)21/h3-10H,11H2,1-2H3,(H2,22,24)(H,25,26)/b23-10-. The number of rotatable bonds is 7. The summed E-state index contributed by atoms with van der Waals surface area (Å²) in [6.07, 6.45) is 1.49. The summed E-state index contributed by atoms with van der Waals surface area (Å²) in [6.45, 7) is 1.97. The Morgan fingerprint density at radius 1 is 1.31 bits per heavy atom. The summed E-state index contributed by atoms with van der Waals surface area (Å²) in [6, 6.07) is 12.8. The first-order valence-electron chi connectivity index (χ1n) is 8.59. The molecule has 0 saturated carbocycles. The van der Waals surface area contributed by atoms with Crippen LogP contribution in [0.5, 0.6) is 11.5 Å². The van der Waals surface area contributed by atoms with Crippen LogP contribution in [0, 0.1) is 6.92 Å². The van der Waals surface area contributed by atoms with Crippen LogP contribution in [0.25, 0.3) is 0 Å². The van der Waals surface area contributed by atoms with Crippen LogP contribution in [0.15, 0.2) is 47.6 Å². The van der Waals surface area contributed by atoms with Gasteiger partial charge in [-0.15, -0.1) is 0 Å². The highest BCUT2D eigenvalue weighted by Gasteiger charge is 2.14. The molecule has 1 amide bonds. The molecule has 7 nitrogen and oxygen atoms in total. The first-order chi connectivity index (χ1) is 14.0. The van der Waals surface area contributed by atoms with Gasteiger partial charge in [-0.1, -0.05) is 47.2 Å². The molecule has 0 aliphatic heterocycles. The molecule has 1 aromatic heterocycles. The van der Waals surface area contributed by atoms with Gasteiger partial charge in [0.2, 0.25) is 0 Å². The van der Waals surface area contributed by atoms with Gasteiger partial charge >= 0.3 is 0 Å². The Morgan fingerprint density at radius 2 is 2.10 bits per heavy atom. The predicted molar refractivity (Wildman–Crippen MR) is 115 cm³/mol. The Hall–Kier alpha value is -3.10. The highest BCUT2D eigenvalue weighted by Crippen LogP contribution is 2.31. The Morgan fingerprint density at radius 3 is 2.79 bits per heavy atom. The molecule has 0 unspecified atom stereocenters. The number of benzene rings is 2. The molecule has 0 radical (unpaired) electrons. The monoisotopic (exact) mass is 430 g/mol. The molecule has 29 heavy (non-hydrogen) atoms. The molecule has 3 rings (SSSR count). The zero-order valence-corrected chi connectivity index (χ0v) is 17.4. The molecule has 3 N–H and O–H groups in total. The number of nitrogens with zero attached hydrogens (tertiary/aromatic N) is 2. The molecule has 0 fully saturated rings. The quantitative estimate of drug-likeness (QED) is 0.435. The van der Waals surface area contributed by atoms with Gasteiger partial charge < -0.3 is 15.2 Å². The van der Waals surface area contributed by atoms with E-state index in [1.807, 2.05) is 18.2 Å². The van der Waals surface area contributed by atoms with Gasteiger partial charge in [0, 0.05) is 16.1 Å². The van der Waals surface area contributed by atoms with E-state index < -0.39 is 0 Å². The lowest BCUT2D eigenvalue weighted by Gasteiger charge is -2.13. The lowest BCUT2D eigenvalue weighted by atomic mass is 10.2. The van der Waals surface area contributed by atoms with Crippen molar-refractivity contribution in [1.29, 1.82) is 0 Å². The van der Waals surface area contributed by atoms with Crippen molar-refractivity contribution < 1.29 is 14.3 Å². The van der Waals surface area contributed by atoms with Crippen LogP contribution in [0.3, 0.4) is 0 Å². The van der Waals surface area contributed by atoms with Crippen molar-refractivity contribution in [3.8, 4) is 11.5 Å². The van der Waals surface area contributed by atoms with Crippen LogP contribution < -0.4 is 20.6 Å². The molecule has 0 atom stereocenters. The number of hydrogen-bond acceptors (Lipinski definition) is 7. The fourth-order valence-electron chi connectivity index (χ4n) is 2.55. The number of ether oxygens (including phenoxy) is 2. The highest BCUT2D eigenvalue weighted by atomic mass is 35.5. The number of amides is 1. The van der Waals surface area contributed by atoms with Crippen molar-refractivity contribution in [1.82, 2.24) is 10.4 Å². The van der Waals surface area contributed by atoms with E-state index in [-0.39, 0.29) is 12.5 Å². The highest BCUT2D eigenvalue weighted by molar-refractivity contribution is 7.17. The average molecular weight is 431 g/mol. The smallest absolute Gasteiger partial charge is 0.283 e. The van der Waals surface area contributed by atoms with E-state index in [0.29, 0.717) is 37.8 Å². The third-order valence-corrected chi connectivity index (χ3v) is 5.30. The Labute approximate surface area is 177 Å². The number of carbonyl (C=O) groups is 1. The summed E-state index contributed by atoms with van der Waals surface area (Å²) in [5.74, 6) is 0.652. The number of hydrazone groups is 1. The number of halogens is 1. The summed E-state index contributed by atoms with van der Waals surface area (Å²) >= 11 is 7.31. The average Bonchev–Trinajstić information content (AvgIpc) is 3.05. The first kappa shape index (κ1) is 20.6. The van der Waals surface area contributed by atoms with Crippen LogP contribution >= 0.6 is 22.9 Å². The maximum absolute atomic E-state index is 12.2. The summed E-state index contributed by atoms with van der Waals surface area (Å²) in [7, 11) is 1.55. The number of hydrogen-bond donors (Lipinski definition) is 2. The summed E-state index contributed by atoms with van der Waals surface area (Å²) < 4.78 is 11.3. The molecule has 0 aliphatic rings. The van der Waals surface area contributed by atoms with Crippen molar-refractivity contribution in [2.24, 2.45) is 5.10 Å². The minimum absolute atomic E-state index is 0.257. The topological polar surface area (TPSA) is 98.8 Å². The van der Waals surface area contributed by atoms with Gasteiger partial charge in [-0.2, -0.15) is 5.10 Å². The number of thiazole rings is 1. The number of aryl methyl sites for hydroxylation is 1. The third-order valence-electron chi connectivity index (χ3n) is 3.95. The van der Waals surface area contributed by atoms with Crippen molar-refractivity contribution in [3.05, 3.63) is 69.2 Å². The van der Waals surface area contributed by atoms with Gasteiger partial charge in [-0.25, -0.2) is 10.4 Å². The van der Waals surface area contributed by atoms with Crippen molar-refractivity contribution in [2.45, 2.75) is 13.5 Å². The summed E-state index contributed by atoms with van der Waals surface area (Å²) in [5, 5.41) is 4.98. The van der Waals surface area contributed by atoms with E-state index in [1.54, 1.807) is 38.3 Å². The minimum Gasteiger partial charge on any atom is -0.493 e. The SMILES string of the molecule is COc1cccc(/C=N\NC(=O)c2sc(N)nc2C)c1OCc1ccccc1Cl. The lowest BCUT2D eigenvalue weighted by molar-refractivity contribution is 0.0958. The van der Waals surface area contributed by atoms with Crippen LogP contribution in [0.4, 0.5) is 5.13 Å². The van der Waals surface area contributed by atoms with Gasteiger partial charge in [-0.3, -0.25) is 4.79 Å². The molecule has 3 aromatic rings. The van der Waals surface area contributed by atoms with Gasteiger partial charge in [-0.05, 0) is 25.1 Å². The molecule has 1 heterocycles. The molecule has 0 spiro atoms. The maximum Gasteiger partial charge on any atom is 0.283 e. The summed E-state index contributed by atoms with van der Waals surface area (Å²) in [5.41, 5.74) is 10.1. The maximum atomic E-state index is 12.2. The van der Waals surface area contributed by atoms with Crippen LogP contribution in [0.1, 0.15) is 26.5 Å².